The number of benzene rings is 1. The summed E-state index contributed by atoms with van der Waals surface area (Å²) in [6, 6.07) is 3.47. The van der Waals surface area contributed by atoms with Crippen LogP contribution in [0.5, 0.6) is 0 Å². The zero-order chi connectivity index (χ0) is 13.8. The van der Waals surface area contributed by atoms with E-state index in [1.807, 2.05) is 13.8 Å². The van der Waals surface area contributed by atoms with Gasteiger partial charge < -0.3 is 15.7 Å². The first-order valence-electron chi connectivity index (χ1n) is 6.60. The minimum Gasteiger partial charge on any atom is -0.478 e. The van der Waals surface area contributed by atoms with E-state index >= 15 is 0 Å². The van der Waals surface area contributed by atoms with E-state index in [-0.39, 0.29) is 0 Å². The number of hydrogen-bond acceptors (Lipinski definition) is 4. The average Bonchev–Trinajstić information content (AvgIpc) is 2.91. The topological polar surface area (TPSA) is 73.7 Å². The smallest absolute Gasteiger partial charge is 0.335 e. The van der Waals surface area contributed by atoms with E-state index < -0.39 is 5.97 Å². The second-order valence-electron chi connectivity index (χ2n) is 4.46. The molecule has 0 aromatic heterocycles. The second kappa shape index (κ2) is 5.73. The van der Waals surface area contributed by atoms with Crippen LogP contribution in [-0.4, -0.2) is 30.1 Å². The summed E-state index contributed by atoms with van der Waals surface area (Å²) in [6.07, 6.45) is 1.56. The third kappa shape index (κ3) is 2.86. The van der Waals surface area contributed by atoms with Crippen LogP contribution >= 0.6 is 0 Å². The van der Waals surface area contributed by atoms with Crippen LogP contribution in [0.25, 0.3) is 0 Å². The molecule has 0 radical (unpaired) electrons. The average molecular weight is 261 g/mol. The molecule has 5 heteroatoms. The van der Waals surface area contributed by atoms with Gasteiger partial charge in [0.2, 0.25) is 0 Å². The molecule has 0 saturated heterocycles. The predicted octanol–water partition coefficient (Wildman–Crippen LogP) is 1.88. The van der Waals surface area contributed by atoms with Crippen LogP contribution in [0.4, 0.5) is 5.69 Å². The normalized spacial score (nSPS) is 13.9. The SMILES string of the molecule is CCc1cc(C(=O)O)cc(CC)c1NC1=NCCN1. The molecule has 0 amide bonds. The second-order valence-corrected chi connectivity index (χ2v) is 4.46. The van der Waals surface area contributed by atoms with E-state index in [4.69, 9.17) is 5.11 Å². The summed E-state index contributed by atoms with van der Waals surface area (Å²) in [5.74, 6) is -0.111. The minimum absolute atomic E-state index is 0.348. The van der Waals surface area contributed by atoms with Gasteiger partial charge in [0, 0.05) is 12.2 Å². The Morgan fingerprint density at radius 3 is 2.42 bits per heavy atom. The maximum Gasteiger partial charge on any atom is 0.335 e. The van der Waals surface area contributed by atoms with Crippen molar-refractivity contribution in [2.75, 3.05) is 18.4 Å². The Morgan fingerprint density at radius 1 is 1.37 bits per heavy atom. The summed E-state index contributed by atoms with van der Waals surface area (Å²) in [6.45, 7) is 5.67. The van der Waals surface area contributed by atoms with Gasteiger partial charge in [-0.15, -0.1) is 0 Å². The number of nitrogens with one attached hydrogen (secondary N) is 2. The van der Waals surface area contributed by atoms with E-state index in [1.165, 1.54) is 0 Å². The van der Waals surface area contributed by atoms with Crippen molar-refractivity contribution in [3.63, 3.8) is 0 Å². The summed E-state index contributed by atoms with van der Waals surface area (Å²) in [5, 5.41) is 15.6. The van der Waals surface area contributed by atoms with E-state index in [0.717, 1.165) is 48.7 Å². The molecule has 5 nitrogen and oxygen atoms in total. The summed E-state index contributed by atoms with van der Waals surface area (Å²) in [4.78, 5) is 15.5. The fraction of sp³-hybridized carbons (Fsp3) is 0.429. The molecule has 1 aliphatic heterocycles. The number of aliphatic imine (C=N–C) groups is 1. The zero-order valence-electron chi connectivity index (χ0n) is 11.3. The highest BCUT2D eigenvalue weighted by Gasteiger charge is 2.15. The minimum atomic E-state index is -0.882. The number of carboxylic acid groups (broad SMARTS) is 1. The van der Waals surface area contributed by atoms with Crippen molar-refractivity contribution in [3.05, 3.63) is 28.8 Å². The van der Waals surface area contributed by atoms with Gasteiger partial charge in [-0.3, -0.25) is 4.99 Å². The Hall–Kier alpha value is -2.04. The van der Waals surface area contributed by atoms with Gasteiger partial charge in [0.15, 0.2) is 5.96 Å². The van der Waals surface area contributed by atoms with Crippen molar-refractivity contribution in [1.29, 1.82) is 0 Å². The molecule has 0 saturated carbocycles. The highest BCUT2D eigenvalue weighted by atomic mass is 16.4. The van der Waals surface area contributed by atoms with Gasteiger partial charge in [-0.05, 0) is 36.1 Å². The Morgan fingerprint density at radius 2 is 2.00 bits per heavy atom. The molecule has 19 heavy (non-hydrogen) atoms. The molecule has 0 atom stereocenters. The van der Waals surface area contributed by atoms with E-state index in [2.05, 4.69) is 15.6 Å². The molecule has 3 N–H and O–H groups in total. The number of anilines is 1. The zero-order valence-corrected chi connectivity index (χ0v) is 11.3. The van der Waals surface area contributed by atoms with Crippen LogP contribution in [0.2, 0.25) is 0 Å². The van der Waals surface area contributed by atoms with Gasteiger partial charge in [0.25, 0.3) is 0 Å². The first-order chi connectivity index (χ1) is 9.15. The number of hydrogen-bond donors (Lipinski definition) is 3. The van der Waals surface area contributed by atoms with Crippen molar-refractivity contribution < 1.29 is 9.90 Å². The number of rotatable bonds is 4. The molecule has 0 aliphatic carbocycles. The fourth-order valence-corrected chi connectivity index (χ4v) is 2.21. The number of nitrogens with zero attached hydrogens (tertiary/aromatic N) is 1. The summed E-state index contributed by atoms with van der Waals surface area (Å²) in [7, 11) is 0. The molecule has 0 fully saturated rings. The van der Waals surface area contributed by atoms with Crippen LogP contribution < -0.4 is 10.6 Å². The van der Waals surface area contributed by atoms with Crippen LogP contribution in [0, 0.1) is 0 Å². The van der Waals surface area contributed by atoms with Gasteiger partial charge in [0.1, 0.15) is 0 Å². The molecule has 102 valence electrons. The largest absolute Gasteiger partial charge is 0.478 e. The van der Waals surface area contributed by atoms with Crippen molar-refractivity contribution in [2.24, 2.45) is 4.99 Å². The van der Waals surface area contributed by atoms with Crippen LogP contribution in [-0.2, 0) is 12.8 Å². The lowest BCUT2D eigenvalue weighted by Crippen LogP contribution is -2.27. The van der Waals surface area contributed by atoms with Crippen molar-refractivity contribution in [2.45, 2.75) is 26.7 Å². The molecule has 1 aliphatic rings. The number of guanidine groups is 1. The number of aromatic carboxylic acids is 1. The highest BCUT2D eigenvalue weighted by molar-refractivity contribution is 5.97. The monoisotopic (exact) mass is 261 g/mol. The fourth-order valence-electron chi connectivity index (χ4n) is 2.21. The molecule has 1 aromatic carbocycles. The predicted molar refractivity (Wildman–Crippen MR) is 76.1 cm³/mol. The van der Waals surface area contributed by atoms with Gasteiger partial charge >= 0.3 is 5.97 Å². The van der Waals surface area contributed by atoms with Gasteiger partial charge in [0.05, 0.1) is 12.1 Å². The van der Waals surface area contributed by atoms with Gasteiger partial charge in [-0.2, -0.15) is 0 Å². The van der Waals surface area contributed by atoms with Crippen molar-refractivity contribution in [1.82, 2.24) is 5.32 Å². The quantitative estimate of drug-likeness (QED) is 0.773. The van der Waals surface area contributed by atoms with Crippen LogP contribution in [0.1, 0.15) is 35.3 Å². The number of aryl methyl sites for hydroxylation is 2. The Kier molecular flexibility index (Phi) is 4.04. The highest BCUT2D eigenvalue weighted by Crippen LogP contribution is 2.25. The lowest BCUT2D eigenvalue weighted by molar-refractivity contribution is 0.0696. The van der Waals surface area contributed by atoms with Crippen LogP contribution in [0.15, 0.2) is 17.1 Å². The maximum atomic E-state index is 11.1. The van der Waals surface area contributed by atoms with E-state index in [1.54, 1.807) is 12.1 Å². The van der Waals surface area contributed by atoms with E-state index in [9.17, 15) is 4.79 Å². The standard InChI is InChI=1S/C14H19N3O2/c1-3-9-7-11(13(18)19)8-10(4-2)12(9)17-14-15-5-6-16-14/h7-8H,3-6H2,1-2H3,(H,18,19)(H2,15,16,17). The Labute approximate surface area is 112 Å². The molecule has 0 unspecified atom stereocenters. The van der Waals surface area contributed by atoms with E-state index in [0.29, 0.717) is 5.56 Å². The molecule has 2 rings (SSSR count). The molecule has 1 aromatic rings. The Bertz CT molecular complexity index is 498. The van der Waals surface area contributed by atoms with Crippen molar-refractivity contribution in [3.8, 4) is 0 Å². The Balaban J connectivity index is 2.41. The molecule has 1 heterocycles. The third-order valence-corrected chi connectivity index (χ3v) is 3.23. The summed E-state index contributed by atoms with van der Waals surface area (Å²) >= 11 is 0. The van der Waals surface area contributed by atoms with Crippen LogP contribution in [0.3, 0.4) is 0 Å². The van der Waals surface area contributed by atoms with Gasteiger partial charge in [-0.1, -0.05) is 13.8 Å². The first-order valence-corrected chi connectivity index (χ1v) is 6.60. The summed E-state index contributed by atoms with van der Waals surface area (Å²) < 4.78 is 0. The lowest BCUT2D eigenvalue weighted by Gasteiger charge is -2.16. The molecule has 0 bridgehead atoms. The number of carboxylic acids is 1. The molecule has 0 spiro atoms. The first kappa shape index (κ1) is 13.4. The maximum absolute atomic E-state index is 11.1. The number of carbonyl (C=O) groups is 1. The third-order valence-electron chi connectivity index (χ3n) is 3.23. The molecular weight excluding hydrogens is 242 g/mol. The lowest BCUT2D eigenvalue weighted by atomic mass is 9.99. The summed E-state index contributed by atoms with van der Waals surface area (Å²) in [5.41, 5.74) is 3.35. The van der Waals surface area contributed by atoms with Gasteiger partial charge in [-0.25, -0.2) is 4.79 Å². The van der Waals surface area contributed by atoms with Crippen molar-refractivity contribution >= 4 is 17.6 Å². The molecular formula is C14H19N3O2.